The maximum Gasteiger partial charge on any atom is 0.339 e. The highest BCUT2D eigenvalue weighted by Gasteiger charge is 2.31. The van der Waals surface area contributed by atoms with Gasteiger partial charge in [0, 0.05) is 12.5 Å². The Labute approximate surface area is 162 Å². The van der Waals surface area contributed by atoms with Crippen molar-refractivity contribution in [2.75, 3.05) is 24.7 Å². The van der Waals surface area contributed by atoms with Gasteiger partial charge in [0.05, 0.1) is 35.3 Å². The number of ether oxygens (including phenoxy) is 3. The van der Waals surface area contributed by atoms with E-state index in [-0.39, 0.29) is 22.1 Å². The van der Waals surface area contributed by atoms with E-state index in [9.17, 15) is 18.0 Å². The number of carbonyl (C=O) groups excluding carboxylic acids is 2. The first-order valence-corrected chi connectivity index (χ1v) is 10.8. The van der Waals surface area contributed by atoms with E-state index in [4.69, 9.17) is 25.8 Å². The van der Waals surface area contributed by atoms with Crippen molar-refractivity contribution in [2.45, 2.75) is 31.9 Å². The first-order valence-electron chi connectivity index (χ1n) is 8.56. The Balaban J connectivity index is 1.63. The lowest BCUT2D eigenvalue weighted by Crippen LogP contribution is -2.42. The molecule has 0 aliphatic carbocycles. The van der Waals surface area contributed by atoms with Crippen molar-refractivity contribution in [1.82, 2.24) is 5.32 Å². The number of rotatable bonds is 4. The third-order valence-corrected chi connectivity index (χ3v) is 6.32. The van der Waals surface area contributed by atoms with E-state index in [2.05, 4.69) is 5.32 Å². The van der Waals surface area contributed by atoms with Gasteiger partial charge < -0.3 is 19.5 Å². The average molecular weight is 418 g/mol. The van der Waals surface area contributed by atoms with E-state index in [1.165, 1.54) is 19.1 Å². The summed E-state index contributed by atoms with van der Waals surface area (Å²) in [6.45, 7) is 2.32. The normalized spacial score (nSPS) is 21.8. The lowest BCUT2D eigenvalue weighted by molar-refractivity contribution is -0.129. The molecule has 0 radical (unpaired) electrons. The number of carbonyl (C=O) groups is 2. The third-order valence-electron chi connectivity index (χ3n) is 4.27. The Morgan fingerprint density at radius 2 is 2.04 bits per heavy atom. The van der Waals surface area contributed by atoms with Gasteiger partial charge in [0.25, 0.3) is 5.91 Å². The van der Waals surface area contributed by atoms with Gasteiger partial charge in [-0.15, -0.1) is 0 Å². The van der Waals surface area contributed by atoms with Gasteiger partial charge in [-0.3, -0.25) is 4.79 Å². The molecule has 1 amide bonds. The zero-order valence-corrected chi connectivity index (χ0v) is 16.3. The summed E-state index contributed by atoms with van der Waals surface area (Å²) in [7, 11) is -3.11. The number of halogens is 1. The van der Waals surface area contributed by atoms with Crippen LogP contribution >= 0.6 is 11.6 Å². The van der Waals surface area contributed by atoms with Crippen LogP contribution in [0.15, 0.2) is 12.1 Å². The number of benzene rings is 1. The Hall–Kier alpha value is -2.00. The van der Waals surface area contributed by atoms with Gasteiger partial charge in [-0.05, 0) is 25.5 Å². The maximum atomic E-state index is 12.4. The van der Waals surface area contributed by atoms with Crippen LogP contribution in [0.25, 0.3) is 0 Å². The lowest BCUT2D eigenvalue weighted by Gasteiger charge is -2.17. The monoisotopic (exact) mass is 417 g/mol. The standard InChI is InChI=1S/C17H20ClNO7S/c1-10(16(20)19-12-3-6-27(22,23)9-12)26-17(21)11-7-13(18)15-14(8-11)24-4-2-5-25-15/h7-8,10,12H,2-6,9H2,1H3,(H,19,20)/t10-,12-/m0/s1. The number of amides is 1. The topological polar surface area (TPSA) is 108 Å². The first kappa shape index (κ1) is 19.8. The number of fused-ring (bicyclic) bond motifs is 1. The maximum absolute atomic E-state index is 12.4. The molecule has 0 saturated carbocycles. The summed E-state index contributed by atoms with van der Waals surface area (Å²) in [5.41, 5.74) is 0.132. The summed E-state index contributed by atoms with van der Waals surface area (Å²) in [6, 6.07) is 2.39. The fourth-order valence-corrected chi connectivity index (χ4v) is 4.80. The number of nitrogens with one attached hydrogen (secondary N) is 1. The summed E-state index contributed by atoms with van der Waals surface area (Å²) in [4.78, 5) is 24.5. The zero-order valence-electron chi connectivity index (χ0n) is 14.7. The molecule has 1 saturated heterocycles. The van der Waals surface area contributed by atoms with Crippen LogP contribution in [-0.2, 0) is 19.4 Å². The molecule has 10 heteroatoms. The molecular formula is C17H20ClNO7S. The van der Waals surface area contributed by atoms with Gasteiger partial charge in [-0.25, -0.2) is 13.2 Å². The summed E-state index contributed by atoms with van der Waals surface area (Å²) < 4.78 is 39.1. The third kappa shape index (κ3) is 4.84. The van der Waals surface area contributed by atoms with E-state index in [0.29, 0.717) is 37.6 Å². The average Bonchev–Trinajstić information content (AvgIpc) is 2.80. The quantitative estimate of drug-likeness (QED) is 0.736. The second kappa shape index (κ2) is 7.93. The van der Waals surface area contributed by atoms with E-state index < -0.39 is 33.9 Å². The molecule has 8 nitrogen and oxygen atoms in total. The predicted molar refractivity (Wildman–Crippen MR) is 97.1 cm³/mol. The summed E-state index contributed by atoms with van der Waals surface area (Å²) in [5, 5.41) is 2.81. The number of hydrogen-bond donors (Lipinski definition) is 1. The van der Waals surface area contributed by atoms with Crippen molar-refractivity contribution in [2.24, 2.45) is 0 Å². The van der Waals surface area contributed by atoms with E-state index in [0.717, 1.165) is 0 Å². The highest BCUT2D eigenvalue weighted by Crippen LogP contribution is 2.38. The molecular weight excluding hydrogens is 398 g/mol. The molecule has 0 aromatic heterocycles. The van der Waals surface area contributed by atoms with Crippen molar-refractivity contribution in [3.63, 3.8) is 0 Å². The Morgan fingerprint density at radius 3 is 2.74 bits per heavy atom. The Bertz CT molecular complexity index is 855. The van der Waals surface area contributed by atoms with Crippen molar-refractivity contribution in [1.29, 1.82) is 0 Å². The van der Waals surface area contributed by atoms with Gasteiger partial charge in [-0.1, -0.05) is 11.6 Å². The minimum atomic E-state index is -3.11. The van der Waals surface area contributed by atoms with Crippen LogP contribution < -0.4 is 14.8 Å². The fourth-order valence-electron chi connectivity index (χ4n) is 2.86. The van der Waals surface area contributed by atoms with Gasteiger partial charge >= 0.3 is 5.97 Å². The van der Waals surface area contributed by atoms with Crippen molar-refractivity contribution in [3.8, 4) is 11.5 Å². The summed E-state index contributed by atoms with van der Waals surface area (Å²) >= 11 is 6.15. The largest absolute Gasteiger partial charge is 0.489 e. The van der Waals surface area contributed by atoms with Crippen LogP contribution in [0.5, 0.6) is 11.5 Å². The van der Waals surface area contributed by atoms with E-state index >= 15 is 0 Å². The van der Waals surface area contributed by atoms with Gasteiger partial charge in [0.15, 0.2) is 27.4 Å². The SMILES string of the molecule is C[C@H](OC(=O)c1cc(Cl)c2c(c1)OCCCO2)C(=O)N[C@H]1CCS(=O)(=O)C1. The van der Waals surface area contributed by atoms with Gasteiger partial charge in [-0.2, -0.15) is 0 Å². The van der Waals surface area contributed by atoms with E-state index in [1.807, 2.05) is 0 Å². The summed E-state index contributed by atoms with van der Waals surface area (Å²) in [6.07, 6.45) is -0.0404. The van der Waals surface area contributed by atoms with E-state index in [1.54, 1.807) is 0 Å². The van der Waals surface area contributed by atoms with Crippen molar-refractivity contribution >= 4 is 33.3 Å². The van der Waals surface area contributed by atoms with Crippen LogP contribution in [0.1, 0.15) is 30.1 Å². The van der Waals surface area contributed by atoms with Crippen LogP contribution in [0, 0.1) is 0 Å². The van der Waals surface area contributed by atoms with Crippen LogP contribution in [0.3, 0.4) is 0 Å². The first-order chi connectivity index (χ1) is 12.7. The number of hydrogen-bond acceptors (Lipinski definition) is 7. The highest BCUT2D eigenvalue weighted by atomic mass is 35.5. The molecule has 2 heterocycles. The molecule has 2 aliphatic rings. The van der Waals surface area contributed by atoms with Crippen molar-refractivity contribution < 1.29 is 32.2 Å². The number of esters is 1. The second-order valence-corrected chi connectivity index (χ2v) is 9.13. The van der Waals surface area contributed by atoms with Crippen LogP contribution in [0.2, 0.25) is 5.02 Å². The molecule has 0 bridgehead atoms. The molecule has 1 aromatic rings. The highest BCUT2D eigenvalue weighted by molar-refractivity contribution is 7.91. The second-order valence-electron chi connectivity index (χ2n) is 6.49. The molecule has 2 aliphatic heterocycles. The molecule has 27 heavy (non-hydrogen) atoms. The predicted octanol–water partition coefficient (Wildman–Crippen LogP) is 1.35. The van der Waals surface area contributed by atoms with Crippen LogP contribution in [0.4, 0.5) is 0 Å². The smallest absolute Gasteiger partial charge is 0.339 e. The molecule has 2 atom stereocenters. The molecule has 1 aromatic carbocycles. The summed E-state index contributed by atoms with van der Waals surface area (Å²) in [5.74, 6) is -0.627. The minimum absolute atomic E-state index is 0.0435. The molecule has 1 N–H and O–H groups in total. The van der Waals surface area contributed by atoms with Crippen LogP contribution in [-0.4, -0.2) is 57.2 Å². The molecule has 0 unspecified atom stereocenters. The molecule has 148 valence electrons. The van der Waals surface area contributed by atoms with Gasteiger partial charge in [0.2, 0.25) is 0 Å². The van der Waals surface area contributed by atoms with Crippen molar-refractivity contribution in [3.05, 3.63) is 22.7 Å². The fraction of sp³-hybridized carbons (Fsp3) is 0.529. The Kier molecular flexibility index (Phi) is 5.81. The zero-order chi connectivity index (χ0) is 19.6. The number of sulfone groups is 1. The lowest BCUT2D eigenvalue weighted by atomic mass is 10.2. The minimum Gasteiger partial charge on any atom is -0.489 e. The molecule has 3 rings (SSSR count). The molecule has 1 fully saturated rings. The molecule has 0 spiro atoms. The van der Waals surface area contributed by atoms with Gasteiger partial charge in [0.1, 0.15) is 0 Å². The Morgan fingerprint density at radius 1 is 1.30 bits per heavy atom.